The van der Waals surface area contributed by atoms with E-state index in [1.807, 2.05) is 37.3 Å². The summed E-state index contributed by atoms with van der Waals surface area (Å²) in [6.45, 7) is 2.42. The largest absolute Gasteiger partial charge is 0.390 e. The Balaban J connectivity index is 2.14. The molecule has 0 aliphatic heterocycles. The maximum absolute atomic E-state index is 5.25. The molecule has 4 heteroatoms. The lowest BCUT2D eigenvalue weighted by atomic mass is 10.1. The molecule has 4 nitrogen and oxygen atoms in total. The molecule has 94 valence electrons. The van der Waals surface area contributed by atoms with Gasteiger partial charge in [0.1, 0.15) is 6.10 Å². The Morgan fingerprint density at radius 1 is 1.33 bits per heavy atom. The van der Waals surface area contributed by atoms with Gasteiger partial charge in [0.05, 0.1) is 18.3 Å². The summed E-state index contributed by atoms with van der Waals surface area (Å²) in [6, 6.07) is 9.90. The van der Waals surface area contributed by atoms with Crippen LogP contribution in [0.3, 0.4) is 0 Å². The second kappa shape index (κ2) is 6.12. The minimum absolute atomic E-state index is 0.0609. The van der Waals surface area contributed by atoms with E-state index in [-0.39, 0.29) is 6.10 Å². The predicted molar refractivity (Wildman–Crippen MR) is 71.8 cm³/mol. The van der Waals surface area contributed by atoms with Gasteiger partial charge in [-0.1, -0.05) is 29.4 Å². The zero-order valence-electron chi connectivity index (χ0n) is 10.5. The molecule has 0 amide bonds. The smallest absolute Gasteiger partial charge is 0.147 e. The van der Waals surface area contributed by atoms with Crippen LogP contribution in [-0.4, -0.2) is 31.0 Å². The molecule has 0 N–H and O–H groups in total. The number of oxime groups is 1. The molecule has 0 radical (unpaired) electrons. The van der Waals surface area contributed by atoms with Crippen molar-refractivity contribution in [2.75, 3.05) is 13.7 Å². The highest BCUT2D eigenvalue weighted by Gasteiger charge is 2.01. The molecule has 1 heterocycles. The van der Waals surface area contributed by atoms with E-state index in [1.54, 1.807) is 19.5 Å². The molecule has 0 fully saturated rings. The number of pyridine rings is 1. The van der Waals surface area contributed by atoms with Crippen LogP contribution in [0.25, 0.3) is 10.9 Å². The normalized spacial score (nSPS) is 13.0. The number of ether oxygens (including phenoxy) is 1. The minimum Gasteiger partial charge on any atom is -0.390 e. The monoisotopic (exact) mass is 244 g/mol. The van der Waals surface area contributed by atoms with Crippen molar-refractivity contribution in [1.29, 1.82) is 0 Å². The van der Waals surface area contributed by atoms with Gasteiger partial charge in [-0.2, -0.15) is 0 Å². The number of hydrogen-bond donors (Lipinski definition) is 0. The molecule has 1 aromatic carbocycles. The number of nitrogens with zero attached hydrogens (tertiary/aromatic N) is 2. The van der Waals surface area contributed by atoms with Gasteiger partial charge in [-0.05, 0) is 13.0 Å². The van der Waals surface area contributed by atoms with Gasteiger partial charge in [-0.3, -0.25) is 4.98 Å². The highest BCUT2D eigenvalue weighted by atomic mass is 16.6. The van der Waals surface area contributed by atoms with Crippen molar-refractivity contribution in [2.24, 2.45) is 5.16 Å². The lowest BCUT2D eigenvalue weighted by Gasteiger charge is -2.07. The van der Waals surface area contributed by atoms with Crippen molar-refractivity contribution in [3.63, 3.8) is 0 Å². The first-order chi connectivity index (χ1) is 8.81. The Morgan fingerprint density at radius 3 is 3.00 bits per heavy atom. The maximum Gasteiger partial charge on any atom is 0.147 e. The molecule has 1 atom stereocenters. The van der Waals surface area contributed by atoms with Crippen LogP contribution in [0, 0.1) is 0 Å². The quantitative estimate of drug-likeness (QED) is 0.600. The Hall–Kier alpha value is -1.94. The molecule has 0 spiro atoms. The van der Waals surface area contributed by atoms with E-state index in [9.17, 15) is 0 Å². The first-order valence-corrected chi connectivity index (χ1v) is 5.83. The molecule has 0 aliphatic rings. The highest BCUT2D eigenvalue weighted by molar-refractivity contribution is 5.97. The predicted octanol–water partition coefficient (Wildman–Crippen LogP) is 2.62. The van der Waals surface area contributed by atoms with Gasteiger partial charge in [0.15, 0.2) is 0 Å². The van der Waals surface area contributed by atoms with Crippen molar-refractivity contribution in [3.8, 4) is 0 Å². The SMILES string of the molecule is COC[C@H](C)O/N=C/c1cccc2cccnc12. The first-order valence-electron chi connectivity index (χ1n) is 5.83. The lowest BCUT2D eigenvalue weighted by molar-refractivity contribution is 0.0131. The number of para-hydroxylation sites is 1. The number of hydrogen-bond acceptors (Lipinski definition) is 4. The Bertz CT molecular complexity index is 535. The van der Waals surface area contributed by atoms with Gasteiger partial charge in [0.25, 0.3) is 0 Å². The molecule has 1 aromatic heterocycles. The summed E-state index contributed by atoms with van der Waals surface area (Å²) in [6.07, 6.45) is 3.39. The van der Waals surface area contributed by atoms with E-state index in [0.29, 0.717) is 6.61 Å². The fourth-order valence-electron chi connectivity index (χ4n) is 1.69. The summed E-state index contributed by atoms with van der Waals surface area (Å²) < 4.78 is 4.97. The Kier molecular flexibility index (Phi) is 4.25. The molecule has 18 heavy (non-hydrogen) atoms. The van der Waals surface area contributed by atoms with Crippen molar-refractivity contribution < 1.29 is 9.57 Å². The van der Waals surface area contributed by atoms with Crippen LogP contribution in [0.5, 0.6) is 0 Å². The van der Waals surface area contributed by atoms with E-state index in [1.165, 1.54) is 0 Å². The van der Waals surface area contributed by atoms with Crippen molar-refractivity contribution in [2.45, 2.75) is 13.0 Å². The zero-order chi connectivity index (χ0) is 12.8. The van der Waals surface area contributed by atoms with E-state index < -0.39 is 0 Å². The van der Waals surface area contributed by atoms with Crippen molar-refractivity contribution in [3.05, 3.63) is 42.1 Å². The summed E-state index contributed by atoms with van der Waals surface area (Å²) in [7, 11) is 1.64. The van der Waals surface area contributed by atoms with E-state index in [4.69, 9.17) is 9.57 Å². The average molecular weight is 244 g/mol. The summed E-state index contributed by atoms with van der Waals surface area (Å²) in [5.74, 6) is 0. The van der Waals surface area contributed by atoms with Gasteiger partial charge >= 0.3 is 0 Å². The summed E-state index contributed by atoms with van der Waals surface area (Å²) in [4.78, 5) is 9.60. The van der Waals surface area contributed by atoms with Crippen LogP contribution in [-0.2, 0) is 9.57 Å². The summed E-state index contributed by atoms with van der Waals surface area (Å²) in [5.41, 5.74) is 1.87. The van der Waals surface area contributed by atoms with Crippen LogP contribution in [0.4, 0.5) is 0 Å². The van der Waals surface area contributed by atoms with E-state index in [0.717, 1.165) is 16.5 Å². The number of rotatable bonds is 5. The number of fused-ring (bicyclic) bond motifs is 1. The first kappa shape index (κ1) is 12.5. The van der Waals surface area contributed by atoms with Crippen LogP contribution in [0.1, 0.15) is 12.5 Å². The standard InChI is InChI=1S/C14H16N2O2/c1-11(10-17-2)18-16-9-13-6-3-5-12-7-4-8-15-14(12)13/h3-9,11H,10H2,1-2H3/b16-9+/t11-/m0/s1. The molecule has 0 unspecified atom stereocenters. The molecule has 2 rings (SSSR count). The van der Waals surface area contributed by atoms with Crippen LogP contribution < -0.4 is 0 Å². The minimum atomic E-state index is -0.0609. The number of aromatic nitrogens is 1. The third-order valence-corrected chi connectivity index (χ3v) is 2.50. The van der Waals surface area contributed by atoms with E-state index >= 15 is 0 Å². The van der Waals surface area contributed by atoms with Crippen LogP contribution >= 0.6 is 0 Å². The second-order valence-corrected chi connectivity index (χ2v) is 4.03. The van der Waals surface area contributed by atoms with Crippen LogP contribution in [0.2, 0.25) is 0 Å². The van der Waals surface area contributed by atoms with E-state index in [2.05, 4.69) is 10.1 Å². The fourth-order valence-corrected chi connectivity index (χ4v) is 1.69. The van der Waals surface area contributed by atoms with Gasteiger partial charge < -0.3 is 9.57 Å². The molecule has 0 aliphatic carbocycles. The Morgan fingerprint density at radius 2 is 2.17 bits per heavy atom. The van der Waals surface area contributed by atoms with Gasteiger partial charge in [-0.25, -0.2) is 0 Å². The zero-order valence-corrected chi connectivity index (χ0v) is 10.5. The highest BCUT2D eigenvalue weighted by Crippen LogP contribution is 2.14. The van der Waals surface area contributed by atoms with Crippen molar-refractivity contribution >= 4 is 17.1 Å². The third-order valence-electron chi connectivity index (χ3n) is 2.50. The second-order valence-electron chi connectivity index (χ2n) is 4.03. The summed E-state index contributed by atoms with van der Waals surface area (Å²) >= 11 is 0. The average Bonchev–Trinajstić information content (AvgIpc) is 2.39. The maximum atomic E-state index is 5.25. The fraction of sp³-hybridized carbons (Fsp3) is 0.286. The molecular formula is C14H16N2O2. The lowest BCUT2D eigenvalue weighted by Crippen LogP contribution is -2.11. The molecular weight excluding hydrogens is 228 g/mol. The van der Waals surface area contributed by atoms with Gasteiger partial charge in [-0.15, -0.1) is 0 Å². The summed E-state index contributed by atoms with van der Waals surface area (Å²) in [5, 5.41) is 5.05. The Labute approximate surface area is 106 Å². The third kappa shape index (κ3) is 3.05. The molecule has 0 saturated heterocycles. The van der Waals surface area contributed by atoms with Crippen molar-refractivity contribution in [1.82, 2.24) is 4.98 Å². The molecule has 0 bridgehead atoms. The van der Waals surface area contributed by atoms with Crippen LogP contribution in [0.15, 0.2) is 41.7 Å². The molecule has 2 aromatic rings. The number of methoxy groups -OCH3 is 1. The van der Waals surface area contributed by atoms with Gasteiger partial charge in [0.2, 0.25) is 0 Å². The van der Waals surface area contributed by atoms with Gasteiger partial charge in [0, 0.05) is 24.3 Å². The number of benzene rings is 1. The molecule has 0 saturated carbocycles. The topological polar surface area (TPSA) is 43.7 Å².